The Balaban J connectivity index is 0. The van der Waals surface area contributed by atoms with E-state index in [0.29, 0.717) is 0 Å². The van der Waals surface area contributed by atoms with E-state index in [1.165, 1.54) is 13.8 Å². The third kappa shape index (κ3) is 10.2. The quantitative estimate of drug-likeness (QED) is 0.297. The minimum atomic E-state index is -1.48. The molecule has 0 aliphatic rings. The minimum absolute atomic E-state index is 0.0420. The summed E-state index contributed by atoms with van der Waals surface area (Å²) in [5.41, 5.74) is 0. The molecule has 0 aromatic rings. The Morgan fingerprint density at radius 1 is 0.857 bits per heavy atom. The van der Waals surface area contributed by atoms with Crippen LogP contribution >= 0.6 is 11.8 Å². The molecule has 0 aromatic carbocycles. The highest BCUT2D eigenvalue weighted by molar-refractivity contribution is 7.99. The molecule has 0 radical (unpaired) electrons. The zero-order chi connectivity index (χ0) is 17.2. The van der Waals surface area contributed by atoms with Gasteiger partial charge >= 0.3 is 0 Å². The number of carbonyl (C=O) groups excluding carboxylic acids is 1. The van der Waals surface area contributed by atoms with Crippen molar-refractivity contribution in [3.63, 3.8) is 0 Å². The van der Waals surface area contributed by atoms with Gasteiger partial charge in [0.2, 0.25) is 0 Å². The van der Waals surface area contributed by atoms with Crippen LogP contribution in [0.4, 0.5) is 0 Å². The molecule has 0 rings (SSSR count). The van der Waals surface area contributed by atoms with Crippen molar-refractivity contribution in [2.75, 3.05) is 5.75 Å². The highest BCUT2D eigenvalue weighted by Crippen LogP contribution is 2.17. The van der Waals surface area contributed by atoms with Crippen molar-refractivity contribution in [3.8, 4) is 0 Å². The molecule has 7 nitrogen and oxygen atoms in total. The Labute approximate surface area is 129 Å². The van der Waals surface area contributed by atoms with Crippen molar-refractivity contribution in [1.29, 1.82) is 0 Å². The lowest BCUT2D eigenvalue weighted by Crippen LogP contribution is -2.41. The van der Waals surface area contributed by atoms with Crippen LogP contribution in [0.1, 0.15) is 27.7 Å². The summed E-state index contributed by atoms with van der Waals surface area (Å²) in [6, 6.07) is 0. The molecule has 8 heteroatoms. The first-order chi connectivity index (χ1) is 9.59. The third-order valence-electron chi connectivity index (χ3n) is 2.74. The molecule has 0 saturated carbocycles. The molecule has 0 aliphatic carbocycles. The van der Waals surface area contributed by atoms with Crippen molar-refractivity contribution in [2.24, 2.45) is 0 Å². The van der Waals surface area contributed by atoms with Crippen molar-refractivity contribution in [3.05, 3.63) is 0 Å². The lowest BCUT2D eigenvalue weighted by Gasteiger charge is -2.24. The molecule has 7 atom stereocenters. The number of hydrogen-bond donors (Lipinski definition) is 6. The van der Waals surface area contributed by atoms with Crippen LogP contribution in [0.3, 0.4) is 0 Å². The van der Waals surface area contributed by atoms with Gasteiger partial charge in [-0.2, -0.15) is 11.8 Å². The molecule has 0 fully saturated rings. The average molecular weight is 328 g/mol. The summed E-state index contributed by atoms with van der Waals surface area (Å²) in [5, 5.41) is 53.4. The van der Waals surface area contributed by atoms with Crippen LogP contribution in [0.5, 0.6) is 0 Å². The van der Waals surface area contributed by atoms with E-state index >= 15 is 0 Å². The Morgan fingerprint density at radius 3 is 1.52 bits per heavy atom. The summed E-state index contributed by atoms with van der Waals surface area (Å²) in [6.07, 6.45) is -6.52. The summed E-state index contributed by atoms with van der Waals surface area (Å²) in [7, 11) is 0. The van der Waals surface area contributed by atoms with E-state index in [1.807, 2.05) is 13.8 Å². The number of thioether (sulfide) groups is 1. The van der Waals surface area contributed by atoms with E-state index in [9.17, 15) is 15.0 Å². The number of aldehydes is 1. The number of rotatable bonds is 8. The van der Waals surface area contributed by atoms with E-state index in [-0.39, 0.29) is 11.5 Å². The number of carbonyl (C=O) groups is 1. The molecule has 0 bridgehead atoms. The molecule has 6 N–H and O–H groups in total. The van der Waals surface area contributed by atoms with Gasteiger partial charge in [-0.15, -0.1) is 0 Å². The molecule has 0 aromatic heterocycles. The fraction of sp³-hybridized carbons (Fsp3) is 0.923. The lowest BCUT2D eigenvalue weighted by molar-refractivity contribution is -0.125. The van der Waals surface area contributed by atoms with Gasteiger partial charge in [0.1, 0.15) is 18.3 Å². The topological polar surface area (TPSA) is 138 Å². The molecule has 1 unspecified atom stereocenters. The van der Waals surface area contributed by atoms with Crippen molar-refractivity contribution in [1.82, 2.24) is 0 Å². The predicted octanol–water partition coefficient (Wildman–Crippen LogP) is -1.48. The highest BCUT2D eigenvalue weighted by Gasteiger charge is 2.26. The maximum atomic E-state index is 9.73. The van der Waals surface area contributed by atoms with Crippen molar-refractivity contribution in [2.45, 2.75) is 69.6 Å². The summed E-state index contributed by atoms with van der Waals surface area (Å²) in [4.78, 5) is 9.73. The van der Waals surface area contributed by atoms with Crippen LogP contribution in [0.2, 0.25) is 0 Å². The third-order valence-corrected chi connectivity index (χ3v) is 3.88. The summed E-state index contributed by atoms with van der Waals surface area (Å²) in [6.45, 7) is 6.59. The molecule has 0 heterocycles. The van der Waals surface area contributed by atoms with Crippen LogP contribution in [0.15, 0.2) is 0 Å². The molecule has 0 aliphatic heterocycles. The molecule has 0 amide bonds. The molecular weight excluding hydrogens is 300 g/mol. The Hall–Kier alpha value is -0.220. The number of aliphatic hydroxyl groups is 6. The van der Waals surface area contributed by atoms with Gasteiger partial charge < -0.3 is 35.4 Å². The van der Waals surface area contributed by atoms with E-state index in [2.05, 4.69) is 0 Å². The summed E-state index contributed by atoms with van der Waals surface area (Å²) >= 11 is 1.56. The van der Waals surface area contributed by atoms with Gasteiger partial charge in [0, 0.05) is 5.25 Å². The van der Waals surface area contributed by atoms with Crippen LogP contribution in [0, 0.1) is 0 Å². The Bertz CT molecular complexity index is 263. The van der Waals surface area contributed by atoms with E-state index in [1.54, 1.807) is 11.8 Å². The smallest absolute Gasteiger partial charge is 0.151 e. The van der Waals surface area contributed by atoms with Gasteiger partial charge in [0.05, 0.1) is 18.3 Å². The van der Waals surface area contributed by atoms with Gasteiger partial charge in [-0.1, -0.05) is 13.8 Å². The van der Waals surface area contributed by atoms with Gasteiger partial charge in [0.15, 0.2) is 6.29 Å². The van der Waals surface area contributed by atoms with Crippen molar-refractivity contribution < 1.29 is 35.4 Å². The largest absolute Gasteiger partial charge is 0.391 e. The second kappa shape index (κ2) is 12.3. The minimum Gasteiger partial charge on any atom is -0.391 e. The van der Waals surface area contributed by atoms with Gasteiger partial charge in [0.25, 0.3) is 0 Å². The summed E-state index contributed by atoms with van der Waals surface area (Å²) < 4.78 is 0. The fourth-order valence-electron chi connectivity index (χ4n) is 1.29. The zero-order valence-electron chi connectivity index (χ0n) is 12.8. The maximum Gasteiger partial charge on any atom is 0.151 e. The normalized spacial score (nSPS) is 21.0. The highest BCUT2D eigenvalue weighted by atomic mass is 32.2. The number of hydrogen-bond acceptors (Lipinski definition) is 8. The second-order valence-electron chi connectivity index (χ2n) is 4.74. The first-order valence-corrected chi connectivity index (χ1v) is 7.80. The van der Waals surface area contributed by atoms with Gasteiger partial charge in [-0.05, 0) is 19.6 Å². The fourth-order valence-corrected chi connectivity index (χ4v) is 2.17. The van der Waals surface area contributed by atoms with E-state index < -0.39 is 36.6 Å². The van der Waals surface area contributed by atoms with Crippen molar-refractivity contribution >= 4 is 18.0 Å². The molecule has 21 heavy (non-hydrogen) atoms. The van der Waals surface area contributed by atoms with Crippen LogP contribution in [-0.4, -0.2) is 84.6 Å². The van der Waals surface area contributed by atoms with E-state index in [4.69, 9.17) is 20.4 Å². The summed E-state index contributed by atoms with van der Waals surface area (Å²) in [5.74, 6) is 0.894. The monoisotopic (exact) mass is 328 g/mol. The van der Waals surface area contributed by atoms with Gasteiger partial charge in [-0.3, -0.25) is 0 Å². The molecule has 0 saturated heterocycles. The predicted molar refractivity (Wildman–Crippen MR) is 81.0 cm³/mol. The zero-order valence-corrected chi connectivity index (χ0v) is 13.6. The maximum absolute atomic E-state index is 9.73. The van der Waals surface area contributed by atoms with Crippen LogP contribution < -0.4 is 0 Å². The average Bonchev–Trinajstić information content (AvgIpc) is 2.44. The Kier molecular flexibility index (Phi) is 13.5. The first-order valence-electron chi connectivity index (χ1n) is 6.75. The van der Waals surface area contributed by atoms with E-state index in [0.717, 1.165) is 5.75 Å². The lowest BCUT2D eigenvalue weighted by atomic mass is 10.1. The molecule has 0 spiro atoms. The van der Waals surface area contributed by atoms with Crippen LogP contribution in [0.25, 0.3) is 0 Å². The Morgan fingerprint density at radius 2 is 1.29 bits per heavy atom. The second-order valence-corrected chi connectivity index (χ2v) is 6.39. The first kappa shape index (κ1) is 23.1. The number of aliphatic hydroxyl groups excluding tert-OH is 6. The molecular formula is C13H28O7S. The van der Waals surface area contributed by atoms with Gasteiger partial charge in [-0.25, -0.2) is 0 Å². The van der Waals surface area contributed by atoms with Crippen LogP contribution in [-0.2, 0) is 4.79 Å². The SMILES string of the molecule is CCSC(C)[C@H](O)[C@@H](O)[C@H](C)O.C[C@H](O)[C@H](O)[C@@H](O)C=O. The molecule has 128 valence electrons. The standard InChI is InChI=1S/C8H18O3S.C5H10O4/c1-4-12-6(3)8(11)7(10)5(2)9;1-3(7)5(9)4(8)2-6/h5-11H,4H2,1-3H3;2-5,7-9H,1H3/t5-,6?,7-,8-;3-,4-,5-/m00/s1.